The quantitative estimate of drug-likeness (QED) is 0.834. The Morgan fingerprint density at radius 1 is 1.41 bits per heavy atom. The Bertz CT molecular complexity index is 261. The standard InChI is InChI=1S/C14H25NOS/c1-11(12-2-3-12)9-15-13-4-6-16-14(8-13)5-7-17-10-14/h11-13,15H,2-10H2,1H3. The van der Waals surface area contributed by atoms with E-state index in [0.29, 0.717) is 6.04 Å². The van der Waals surface area contributed by atoms with Gasteiger partial charge in [-0.1, -0.05) is 6.92 Å². The third-order valence-electron chi connectivity index (χ3n) is 4.72. The molecule has 1 saturated carbocycles. The fraction of sp³-hybridized carbons (Fsp3) is 1.00. The summed E-state index contributed by atoms with van der Waals surface area (Å²) in [5.74, 6) is 4.43. The second-order valence-electron chi connectivity index (χ2n) is 6.25. The molecule has 17 heavy (non-hydrogen) atoms. The normalized spacial score (nSPS) is 39.7. The zero-order valence-electron chi connectivity index (χ0n) is 10.9. The third kappa shape index (κ3) is 2.99. The smallest absolute Gasteiger partial charge is 0.0795 e. The molecule has 3 unspecified atom stereocenters. The van der Waals surface area contributed by atoms with Gasteiger partial charge in [0.05, 0.1) is 5.60 Å². The van der Waals surface area contributed by atoms with Crippen LogP contribution in [0.4, 0.5) is 0 Å². The van der Waals surface area contributed by atoms with Gasteiger partial charge in [0.15, 0.2) is 0 Å². The first-order chi connectivity index (χ1) is 8.27. The molecule has 1 N–H and O–H groups in total. The van der Waals surface area contributed by atoms with E-state index in [4.69, 9.17) is 4.74 Å². The Labute approximate surface area is 109 Å². The minimum atomic E-state index is 0.239. The van der Waals surface area contributed by atoms with Gasteiger partial charge >= 0.3 is 0 Å². The molecule has 2 nitrogen and oxygen atoms in total. The van der Waals surface area contributed by atoms with Gasteiger partial charge in [0.25, 0.3) is 0 Å². The van der Waals surface area contributed by atoms with E-state index >= 15 is 0 Å². The Kier molecular flexibility index (Phi) is 3.69. The summed E-state index contributed by atoms with van der Waals surface area (Å²) in [6.07, 6.45) is 6.67. The highest BCUT2D eigenvalue weighted by molar-refractivity contribution is 7.99. The van der Waals surface area contributed by atoms with Gasteiger partial charge in [-0.2, -0.15) is 11.8 Å². The maximum absolute atomic E-state index is 6.06. The Morgan fingerprint density at radius 3 is 3.00 bits per heavy atom. The summed E-state index contributed by atoms with van der Waals surface area (Å²) in [5.41, 5.74) is 0.239. The third-order valence-corrected chi connectivity index (χ3v) is 5.94. The SMILES string of the molecule is CC(CNC1CCOC2(CCSC2)C1)C1CC1. The van der Waals surface area contributed by atoms with Crippen LogP contribution in [0.5, 0.6) is 0 Å². The first-order valence-electron chi connectivity index (χ1n) is 7.22. The van der Waals surface area contributed by atoms with Crippen LogP contribution in [0.1, 0.15) is 39.0 Å². The highest BCUT2D eigenvalue weighted by Gasteiger charge is 2.40. The summed E-state index contributed by atoms with van der Waals surface area (Å²) in [5, 5.41) is 3.80. The van der Waals surface area contributed by atoms with Crippen LogP contribution >= 0.6 is 11.8 Å². The summed E-state index contributed by atoms with van der Waals surface area (Å²) in [4.78, 5) is 0. The number of hydrogen-bond acceptors (Lipinski definition) is 3. The molecular weight excluding hydrogens is 230 g/mol. The van der Waals surface area contributed by atoms with E-state index < -0.39 is 0 Å². The lowest BCUT2D eigenvalue weighted by molar-refractivity contribution is -0.0704. The van der Waals surface area contributed by atoms with Crippen molar-refractivity contribution in [2.24, 2.45) is 11.8 Å². The maximum atomic E-state index is 6.06. The molecule has 3 atom stereocenters. The van der Waals surface area contributed by atoms with Crippen molar-refractivity contribution in [3.63, 3.8) is 0 Å². The zero-order valence-corrected chi connectivity index (χ0v) is 11.7. The van der Waals surface area contributed by atoms with E-state index in [9.17, 15) is 0 Å². The minimum Gasteiger partial charge on any atom is -0.374 e. The molecule has 2 aliphatic heterocycles. The van der Waals surface area contributed by atoms with Crippen molar-refractivity contribution >= 4 is 11.8 Å². The van der Waals surface area contributed by atoms with Crippen LogP contribution in [0.25, 0.3) is 0 Å². The largest absolute Gasteiger partial charge is 0.374 e. The van der Waals surface area contributed by atoms with Crippen LogP contribution in [-0.2, 0) is 4.74 Å². The molecule has 0 radical (unpaired) electrons. The molecule has 0 aromatic heterocycles. The van der Waals surface area contributed by atoms with Crippen LogP contribution in [0.3, 0.4) is 0 Å². The highest BCUT2D eigenvalue weighted by atomic mass is 32.2. The number of nitrogens with one attached hydrogen (secondary N) is 1. The van der Waals surface area contributed by atoms with Crippen LogP contribution in [0.15, 0.2) is 0 Å². The van der Waals surface area contributed by atoms with E-state index in [-0.39, 0.29) is 5.60 Å². The van der Waals surface area contributed by atoms with Crippen molar-refractivity contribution in [3.05, 3.63) is 0 Å². The van der Waals surface area contributed by atoms with Crippen molar-refractivity contribution in [1.29, 1.82) is 0 Å². The summed E-state index contributed by atoms with van der Waals surface area (Å²) in [6, 6.07) is 0.712. The predicted octanol–water partition coefficient (Wildman–Crippen LogP) is 2.68. The van der Waals surface area contributed by atoms with Gasteiger partial charge in [-0.15, -0.1) is 0 Å². The number of rotatable bonds is 4. The van der Waals surface area contributed by atoms with Crippen molar-refractivity contribution in [1.82, 2.24) is 5.32 Å². The molecule has 1 spiro atoms. The second-order valence-corrected chi connectivity index (χ2v) is 7.35. The van der Waals surface area contributed by atoms with Crippen LogP contribution in [0, 0.1) is 11.8 Å². The number of ether oxygens (including phenoxy) is 1. The number of thioether (sulfide) groups is 1. The molecule has 2 saturated heterocycles. The van der Waals surface area contributed by atoms with Crippen LogP contribution in [0.2, 0.25) is 0 Å². The molecule has 1 aliphatic carbocycles. The average Bonchev–Trinajstić information content (AvgIpc) is 3.10. The van der Waals surface area contributed by atoms with Crippen molar-refractivity contribution < 1.29 is 4.74 Å². The predicted molar refractivity (Wildman–Crippen MR) is 73.5 cm³/mol. The fourth-order valence-corrected chi connectivity index (χ4v) is 4.63. The van der Waals surface area contributed by atoms with Gasteiger partial charge in [-0.25, -0.2) is 0 Å². The van der Waals surface area contributed by atoms with Crippen molar-refractivity contribution in [2.45, 2.75) is 50.7 Å². The Balaban J connectivity index is 1.46. The molecule has 2 heterocycles. The molecule has 0 aromatic rings. The van der Waals surface area contributed by atoms with E-state index in [2.05, 4.69) is 24.0 Å². The summed E-state index contributed by atoms with van der Waals surface area (Å²) in [6.45, 7) is 4.60. The molecule has 3 rings (SSSR count). The van der Waals surface area contributed by atoms with Gasteiger partial charge in [-0.3, -0.25) is 0 Å². The lowest BCUT2D eigenvalue weighted by atomic mass is 9.89. The first kappa shape index (κ1) is 12.3. The monoisotopic (exact) mass is 255 g/mol. The van der Waals surface area contributed by atoms with Crippen LogP contribution in [-0.4, -0.2) is 36.3 Å². The van der Waals surface area contributed by atoms with E-state index in [1.165, 1.54) is 50.2 Å². The lowest BCUT2D eigenvalue weighted by Gasteiger charge is -2.38. The fourth-order valence-electron chi connectivity index (χ4n) is 3.25. The second kappa shape index (κ2) is 5.10. The number of hydrogen-bond donors (Lipinski definition) is 1. The molecule has 3 fully saturated rings. The summed E-state index contributed by atoms with van der Waals surface area (Å²) < 4.78 is 6.06. The Morgan fingerprint density at radius 2 is 2.29 bits per heavy atom. The molecular formula is C14H25NOS. The van der Waals surface area contributed by atoms with Gasteiger partial charge in [0.1, 0.15) is 0 Å². The maximum Gasteiger partial charge on any atom is 0.0795 e. The van der Waals surface area contributed by atoms with Gasteiger partial charge in [0, 0.05) is 18.4 Å². The van der Waals surface area contributed by atoms with Crippen molar-refractivity contribution in [2.75, 3.05) is 24.7 Å². The molecule has 98 valence electrons. The summed E-state index contributed by atoms with van der Waals surface area (Å²) >= 11 is 2.07. The Hall–Kier alpha value is 0.270. The van der Waals surface area contributed by atoms with E-state index in [1.807, 2.05) is 0 Å². The zero-order chi connectivity index (χ0) is 11.7. The van der Waals surface area contributed by atoms with Gasteiger partial charge < -0.3 is 10.1 Å². The molecule has 0 amide bonds. The first-order valence-corrected chi connectivity index (χ1v) is 8.38. The van der Waals surface area contributed by atoms with Gasteiger partial charge in [-0.05, 0) is 56.2 Å². The lowest BCUT2D eigenvalue weighted by Crippen LogP contribution is -2.48. The van der Waals surface area contributed by atoms with Crippen LogP contribution < -0.4 is 5.32 Å². The highest BCUT2D eigenvalue weighted by Crippen LogP contribution is 2.39. The van der Waals surface area contributed by atoms with E-state index in [1.54, 1.807) is 0 Å². The average molecular weight is 255 g/mol. The van der Waals surface area contributed by atoms with Crippen molar-refractivity contribution in [3.8, 4) is 0 Å². The molecule has 0 aromatic carbocycles. The molecule has 3 aliphatic rings. The molecule has 3 heteroatoms. The van der Waals surface area contributed by atoms with E-state index in [0.717, 1.165) is 18.4 Å². The van der Waals surface area contributed by atoms with Gasteiger partial charge in [0.2, 0.25) is 0 Å². The molecule has 0 bridgehead atoms. The topological polar surface area (TPSA) is 21.3 Å². The minimum absolute atomic E-state index is 0.239. The summed E-state index contributed by atoms with van der Waals surface area (Å²) in [7, 11) is 0.